The maximum absolute atomic E-state index is 12.4. The van der Waals surface area contributed by atoms with Gasteiger partial charge in [-0.25, -0.2) is 0 Å². The molecule has 1 atom stereocenters. The number of fused-ring (bicyclic) bond motifs is 1. The summed E-state index contributed by atoms with van der Waals surface area (Å²) in [7, 11) is -1.25. The number of nitrogens with zero attached hydrogens (tertiary/aromatic N) is 1. The summed E-state index contributed by atoms with van der Waals surface area (Å²) < 4.78 is 12.4. The lowest BCUT2D eigenvalue weighted by Gasteiger charge is -2.06. The van der Waals surface area contributed by atoms with Crippen molar-refractivity contribution < 1.29 is 4.21 Å². The minimum atomic E-state index is -1.25. The van der Waals surface area contributed by atoms with E-state index in [1.54, 1.807) is 18.2 Å². The largest absolute Gasteiger partial charge is 0.399 e. The summed E-state index contributed by atoms with van der Waals surface area (Å²) in [5, 5.41) is 1.49. The number of benzene rings is 2. The zero-order chi connectivity index (χ0) is 14.8. The molecule has 0 amide bonds. The average Bonchev–Trinajstić information content (AvgIpc) is 2.47. The molecule has 2 aromatic carbocycles. The molecule has 21 heavy (non-hydrogen) atoms. The van der Waals surface area contributed by atoms with Crippen molar-refractivity contribution in [2.45, 2.75) is 10.6 Å². The molecule has 5 heteroatoms. The van der Waals surface area contributed by atoms with Gasteiger partial charge in [0.2, 0.25) is 0 Å². The zero-order valence-corrected chi connectivity index (χ0v) is 12.7. The molecule has 3 nitrogen and oxygen atoms in total. The van der Waals surface area contributed by atoms with Gasteiger partial charge in [-0.1, -0.05) is 35.9 Å². The molecule has 0 fully saturated rings. The van der Waals surface area contributed by atoms with Crippen molar-refractivity contribution in [3.05, 3.63) is 65.3 Å². The maximum atomic E-state index is 12.4. The second kappa shape index (κ2) is 5.84. The molecule has 1 unspecified atom stereocenters. The minimum absolute atomic E-state index is 0.328. The minimum Gasteiger partial charge on any atom is -0.399 e. The molecule has 1 heterocycles. The Morgan fingerprint density at radius 2 is 1.90 bits per heavy atom. The van der Waals surface area contributed by atoms with Gasteiger partial charge < -0.3 is 5.73 Å². The van der Waals surface area contributed by atoms with Crippen LogP contribution in [0.4, 0.5) is 5.69 Å². The van der Waals surface area contributed by atoms with Gasteiger partial charge in [0, 0.05) is 11.1 Å². The summed E-state index contributed by atoms with van der Waals surface area (Å²) in [5.41, 5.74) is 7.88. The summed E-state index contributed by atoms with van der Waals surface area (Å²) in [6.45, 7) is 0. The topological polar surface area (TPSA) is 56.0 Å². The average molecular weight is 317 g/mol. The normalized spacial score (nSPS) is 12.4. The van der Waals surface area contributed by atoms with E-state index in [4.69, 9.17) is 17.3 Å². The molecule has 0 saturated heterocycles. The third-order valence-corrected chi connectivity index (χ3v) is 4.97. The van der Waals surface area contributed by atoms with Gasteiger partial charge in [0.1, 0.15) is 0 Å². The number of para-hydroxylation sites is 1. The molecular formula is C16H13ClN2OS. The first-order chi connectivity index (χ1) is 10.1. The molecule has 0 spiro atoms. The van der Waals surface area contributed by atoms with Crippen molar-refractivity contribution in [1.29, 1.82) is 0 Å². The van der Waals surface area contributed by atoms with E-state index in [-0.39, 0.29) is 0 Å². The fraction of sp³-hybridized carbons (Fsp3) is 0.0625. The van der Waals surface area contributed by atoms with Crippen LogP contribution >= 0.6 is 11.6 Å². The predicted molar refractivity (Wildman–Crippen MR) is 87.7 cm³/mol. The van der Waals surface area contributed by atoms with Gasteiger partial charge in [-0.05, 0) is 30.3 Å². The summed E-state index contributed by atoms with van der Waals surface area (Å²) in [4.78, 5) is 5.11. The third-order valence-electron chi connectivity index (χ3n) is 3.14. The van der Waals surface area contributed by atoms with Crippen molar-refractivity contribution in [2.24, 2.45) is 0 Å². The summed E-state index contributed by atoms with van der Waals surface area (Å²) >= 11 is 6.09. The van der Waals surface area contributed by atoms with Crippen LogP contribution in [0.3, 0.4) is 0 Å². The van der Waals surface area contributed by atoms with Gasteiger partial charge in [-0.3, -0.25) is 9.19 Å². The van der Waals surface area contributed by atoms with Crippen LogP contribution < -0.4 is 5.73 Å². The van der Waals surface area contributed by atoms with Crippen LogP contribution in [0, 0.1) is 0 Å². The first-order valence-corrected chi connectivity index (χ1v) is 8.11. The van der Waals surface area contributed by atoms with Crippen molar-refractivity contribution in [3.8, 4) is 0 Å². The highest BCUT2D eigenvalue weighted by molar-refractivity contribution is 7.84. The van der Waals surface area contributed by atoms with Crippen LogP contribution in [-0.4, -0.2) is 9.19 Å². The van der Waals surface area contributed by atoms with E-state index in [1.807, 2.05) is 36.4 Å². The SMILES string of the molecule is Nc1ccc(S(=O)Cc2ccc3ccccc3n2)c(Cl)c1. The molecule has 3 rings (SSSR count). The Morgan fingerprint density at radius 1 is 1.10 bits per heavy atom. The van der Waals surface area contributed by atoms with Gasteiger partial charge in [-0.2, -0.15) is 0 Å². The van der Waals surface area contributed by atoms with E-state index in [9.17, 15) is 4.21 Å². The lowest BCUT2D eigenvalue weighted by molar-refractivity contribution is 0.682. The Balaban J connectivity index is 1.89. The van der Waals surface area contributed by atoms with Crippen LogP contribution in [0.25, 0.3) is 10.9 Å². The Labute approximate surface area is 130 Å². The standard InChI is InChI=1S/C16H13ClN2OS/c17-14-9-12(18)6-8-16(14)21(20)10-13-7-5-11-3-1-2-4-15(11)19-13/h1-9H,10,18H2. The Morgan fingerprint density at radius 3 is 2.71 bits per heavy atom. The molecule has 0 saturated carbocycles. The lowest BCUT2D eigenvalue weighted by Crippen LogP contribution is -2.00. The molecule has 0 aliphatic rings. The molecule has 0 aliphatic carbocycles. The number of rotatable bonds is 3. The van der Waals surface area contributed by atoms with Crippen molar-refractivity contribution in [1.82, 2.24) is 4.98 Å². The maximum Gasteiger partial charge on any atom is 0.0706 e. The van der Waals surface area contributed by atoms with Crippen LogP contribution in [0.5, 0.6) is 0 Å². The summed E-state index contributed by atoms with van der Waals surface area (Å²) in [5.74, 6) is 0.328. The first-order valence-electron chi connectivity index (χ1n) is 6.41. The van der Waals surface area contributed by atoms with Gasteiger partial charge in [-0.15, -0.1) is 0 Å². The van der Waals surface area contributed by atoms with E-state index in [0.717, 1.165) is 16.6 Å². The quantitative estimate of drug-likeness (QED) is 0.748. The number of anilines is 1. The molecule has 2 N–H and O–H groups in total. The van der Waals surface area contributed by atoms with Crippen LogP contribution in [0.15, 0.2) is 59.5 Å². The van der Waals surface area contributed by atoms with Crippen LogP contribution in [-0.2, 0) is 16.6 Å². The number of nitrogen functional groups attached to an aromatic ring is 1. The monoisotopic (exact) mass is 316 g/mol. The first kappa shape index (κ1) is 14.0. The molecule has 0 radical (unpaired) electrons. The second-order valence-electron chi connectivity index (χ2n) is 4.68. The predicted octanol–water partition coefficient (Wildman–Crippen LogP) is 3.78. The lowest BCUT2D eigenvalue weighted by atomic mass is 10.2. The molecule has 0 bridgehead atoms. The number of pyridine rings is 1. The van der Waals surface area contributed by atoms with E-state index in [0.29, 0.717) is 21.4 Å². The Bertz CT molecular complexity index is 835. The number of hydrogen-bond acceptors (Lipinski definition) is 3. The van der Waals surface area contributed by atoms with Crippen LogP contribution in [0.1, 0.15) is 5.69 Å². The fourth-order valence-corrected chi connectivity index (χ4v) is 3.63. The zero-order valence-electron chi connectivity index (χ0n) is 11.1. The smallest absolute Gasteiger partial charge is 0.0706 e. The van der Waals surface area contributed by atoms with E-state index < -0.39 is 10.8 Å². The number of nitrogens with two attached hydrogens (primary N) is 1. The Hall–Kier alpha value is -1.91. The highest BCUT2D eigenvalue weighted by Crippen LogP contribution is 2.24. The summed E-state index contributed by atoms with van der Waals surface area (Å²) in [6, 6.07) is 16.7. The van der Waals surface area contributed by atoms with Gasteiger partial charge in [0.15, 0.2) is 0 Å². The molecular weight excluding hydrogens is 304 g/mol. The fourth-order valence-electron chi connectivity index (χ4n) is 2.10. The highest BCUT2D eigenvalue weighted by atomic mass is 35.5. The van der Waals surface area contributed by atoms with Gasteiger partial charge >= 0.3 is 0 Å². The molecule has 0 aliphatic heterocycles. The molecule has 106 valence electrons. The third kappa shape index (κ3) is 3.06. The molecule has 1 aromatic heterocycles. The van der Waals surface area contributed by atoms with Crippen molar-refractivity contribution >= 4 is 39.0 Å². The summed E-state index contributed by atoms with van der Waals surface area (Å²) in [6.07, 6.45) is 0. The highest BCUT2D eigenvalue weighted by Gasteiger charge is 2.11. The number of aromatic nitrogens is 1. The Kier molecular flexibility index (Phi) is 3.90. The van der Waals surface area contributed by atoms with Crippen molar-refractivity contribution in [3.63, 3.8) is 0 Å². The van der Waals surface area contributed by atoms with Crippen LogP contribution in [0.2, 0.25) is 5.02 Å². The second-order valence-corrected chi connectivity index (χ2v) is 6.50. The van der Waals surface area contributed by atoms with E-state index in [2.05, 4.69) is 4.98 Å². The molecule has 3 aromatic rings. The van der Waals surface area contributed by atoms with E-state index in [1.165, 1.54) is 0 Å². The van der Waals surface area contributed by atoms with Gasteiger partial charge in [0.05, 0.1) is 37.7 Å². The number of hydrogen-bond donors (Lipinski definition) is 1. The van der Waals surface area contributed by atoms with Gasteiger partial charge in [0.25, 0.3) is 0 Å². The van der Waals surface area contributed by atoms with E-state index >= 15 is 0 Å². The number of halogens is 1. The van der Waals surface area contributed by atoms with Crippen molar-refractivity contribution in [2.75, 3.05) is 5.73 Å².